The number of anilines is 1. The van der Waals surface area contributed by atoms with Gasteiger partial charge in [0.1, 0.15) is 12.4 Å². The fourth-order valence-corrected chi connectivity index (χ4v) is 3.61. The first kappa shape index (κ1) is 22.1. The lowest BCUT2D eigenvalue weighted by atomic mass is 10.1. The Morgan fingerprint density at radius 2 is 2.03 bits per heavy atom. The minimum Gasteiger partial charge on any atom is -0.340 e. The molecule has 2 N–H and O–H groups in total. The number of amides is 2. The zero-order valence-electron chi connectivity index (χ0n) is 15.9. The molecule has 1 unspecified atom stereocenters. The molecule has 0 aliphatic rings. The molecule has 0 aliphatic heterocycles. The Balaban J connectivity index is 1.74. The molecular formula is C19H18Cl2N6O2S. The van der Waals surface area contributed by atoms with Crippen LogP contribution in [0, 0.1) is 0 Å². The summed E-state index contributed by atoms with van der Waals surface area (Å²) in [6, 6.07) is 10.9. The highest BCUT2D eigenvalue weighted by atomic mass is 35.5. The van der Waals surface area contributed by atoms with Crippen LogP contribution < -0.4 is 10.6 Å². The molecule has 8 nitrogen and oxygen atoms in total. The maximum absolute atomic E-state index is 12.9. The number of nitrogens with zero attached hydrogens (tertiary/aromatic N) is 4. The second-order valence-electron chi connectivity index (χ2n) is 6.23. The predicted octanol–water partition coefficient (Wildman–Crippen LogP) is 3.46. The number of aromatic nitrogens is 4. The van der Waals surface area contributed by atoms with E-state index in [-0.39, 0.29) is 16.5 Å². The first-order valence-electron chi connectivity index (χ1n) is 8.87. The molecule has 0 radical (unpaired) electrons. The van der Waals surface area contributed by atoms with E-state index in [2.05, 4.69) is 26.2 Å². The van der Waals surface area contributed by atoms with Crippen LogP contribution in [-0.2, 0) is 4.79 Å². The van der Waals surface area contributed by atoms with Crippen molar-refractivity contribution in [3.05, 3.63) is 64.4 Å². The van der Waals surface area contributed by atoms with Crippen molar-refractivity contribution in [2.45, 2.75) is 12.5 Å². The molecule has 11 heteroatoms. The Labute approximate surface area is 187 Å². The van der Waals surface area contributed by atoms with Gasteiger partial charge in [-0.1, -0.05) is 29.3 Å². The van der Waals surface area contributed by atoms with Gasteiger partial charge >= 0.3 is 0 Å². The van der Waals surface area contributed by atoms with Crippen LogP contribution in [0.2, 0.25) is 10.0 Å². The quantitative estimate of drug-likeness (QED) is 0.529. The van der Waals surface area contributed by atoms with Crippen molar-refractivity contribution in [2.24, 2.45) is 0 Å². The van der Waals surface area contributed by atoms with E-state index in [0.717, 1.165) is 0 Å². The molecular weight excluding hydrogens is 447 g/mol. The van der Waals surface area contributed by atoms with Gasteiger partial charge in [-0.3, -0.25) is 9.59 Å². The highest BCUT2D eigenvalue weighted by Crippen LogP contribution is 2.21. The van der Waals surface area contributed by atoms with Crippen LogP contribution >= 0.6 is 35.0 Å². The summed E-state index contributed by atoms with van der Waals surface area (Å²) in [7, 11) is 0. The number of hydrogen-bond donors (Lipinski definition) is 2. The van der Waals surface area contributed by atoms with E-state index in [0.29, 0.717) is 28.6 Å². The van der Waals surface area contributed by atoms with Crippen LogP contribution in [0.25, 0.3) is 5.69 Å². The van der Waals surface area contributed by atoms with Gasteiger partial charge in [0.05, 0.1) is 16.3 Å². The first-order valence-corrected chi connectivity index (χ1v) is 11.0. The van der Waals surface area contributed by atoms with E-state index in [4.69, 9.17) is 23.2 Å². The fraction of sp³-hybridized carbons (Fsp3) is 0.211. The van der Waals surface area contributed by atoms with E-state index >= 15 is 0 Å². The number of rotatable bonds is 8. The molecule has 1 heterocycles. The van der Waals surface area contributed by atoms with Crippen molar-refractivity contribution in [1.82, 2.24) is 25.5 Å². The zero-order chi connectivity index (χ0) is 21.5. The smallest absolute Gasteiger partial charge is 0.253 e. The molecule has 0 spiro atoms. The van der Waals surface area contributed by atoms with Gasteiger partial charge in [-0.25, -0.2) is 4.68 Å². The maximum Gasteiger partial charge on any atom is 0.253 e. The van der Waals surface area contributed by atoms with E-state index in [9.17, 15) is 9.59 Å². The molecule has 2 aromatic carbocycles. The number of hydrogen-bond acceptors (Lipinski definition) is 6. The summed E-state index contributed by atoms with van der Waals surface area (Å²) in [5, 5.41) is 17.3. The standard InChI is InChI=1S/C19H18Cl2N6O2S/c1-30-8-7-17(24-18(28)15-6-5-12(20)9-16(15)21)19(29)23-13-3-2-4-14(10-13)27-11-22-25-26-27/h2-6,9-11,17H,7-8H2,1H3,(H,23,29)(H,24,28). The SMILES string of the molecule is CSCCC(NC(=O)c1ccc(Cl)cc1Cl)C(=O)Nc1cccc(-n2cnnn2)c1. The number of carbonyl (C=O) groups is 2. The van der Waals surface area contributed by atoms with Crippen LogP contribution in [-0.4, -0.2) is 50.1 Å². The summed E-state index contributed by atoms with van der Waals surface area (Å²) in [6.45, 7) is 0. The number of nitrogens with one attached hydrogen (secondary N) is 2. The number of carbonyl (C=O) groups excluding carboxylic acids is 2. The normalized spacial score (nSPS) is 11.7. The largest absolute Gasteiger partial charge is 0.340 e. The summed E-state index contributed by atoms with van der Waals surface area (Å²) in [4.78, 5) is 25.6. The lowest BCUT2D eigenvalue weighted by Crippen LogP contribution is -2.44. The van der Waals surface area contributed by atoms with Crippen LogP contribution in [0.5, 0.6) is 0 Å². The summed E-state index contributed by atoms with van der Waals surface area (Å²) >= 11 is 13.6. The number of thioether (sulfide) groups is 1. The van der Waals surface area contributed by atoms with Crippen molar-refractivity contribution >= 4 is 52.5 Å². The van der Waals surface area contributed by atoms with E-state index < -0.39 is 11.9 Å². The van der Waals surface area contributed by atoms with Gasteiger partial charge in [0, 0.05) is 10.7 Å². The molecule has 0 saturated heterocycles. The third kappa shape index (κ3) is 5.71. The van der Waals surface area contributed by atoms with Gasteiger partial charge in [0.25, 0.3) is 5.91 Å². The second kappa shape index (κ2) is 10.4. The molecule has 3 rings (SSSR count). The fourth-order valence-electron chi connectivity index (χ4n) is 2.65. The Hall–Kier alpha value is -2.62. The van der Waals surface area contributed by atoms with E-state index in [1.165, 1.54) is 23.1 Å². The summed E-state index contributed by atoms with van der Waals surface area (Å²) in [5.74, 6) is -0.0890. The van der Waals surface area contributed by atoms with Gasteiger partial charge in [-0.05, 0) is 65.3 Å². The lowest BCUT2D eigenvalue weighted by molar-refractivity contribution is -0.118. The Morgan fingerprint density at radius 1 is 1.20 bits per heavy atom. The first-order chi connectivity index (χ1) is 14.5. The van der Waals surface area contributed by atoms with Crippen molar-refractivity contribution in [1.29, 1.82) is 0 Å². The van der Waals surface area contributed by atoms with Crippen LogP contribution in [0.1, 0.15) is 16.8 Å². The van der Waals surface area contributed by atoms with Crippen molar-refractivity contribution in [3.63, 3.8) is 0 Å². The van der Waals surface area contributed by atoms with Gasteiger partial charge < -0.3 is 10.6 Å². The summed E-state index contributed by atoms with van der Waals surface area (Å²) in [5.41, 5.74) is 1.50. The van der Waals surface area contributed by atoms with Gasteiger partial charge in [0.2, 0.25) is 5.91 Å². The average Bonchev–Trinajstić information content (AvgIpc) is 3.26. The number of benzene rings is 2. The molecule has 2 amide bonds. The summed E-state index contributed by atoms with van der Waals surface area (Å²) < 4.78 is 1.48. The van der Waals surface area contributed by atoms with Gasteiger partial charge in [-0.2, -0.15) is 11.8 Å². The van der Waals surface area contributed by atoms with Crippen LogP contribution in [0.4, 0.5) is 5.69 Å². The summed E-state index contributed by atoms with van der Waals surface area (Å²) in [6.07, 6.45) is 3.84. The third-order valence-electron chi connectivity index (χ3n) is 4.14. The Morgan fingerprint density at radius 3 is 2.73 bits per heavy atom. The number of tetrazole rings is 1. The minimum absolute atomic E-state index is 0.221. The number of halogens is 2. The van der Waals surface area contributed by atoms with E-state index in [1.54, 1.807) is 36.0 Å². The molecule has 0 fully saturated rings. The average molecular weight is 465 g/mol. The molecule has 1 aromatic heterocycles. The van der Waals surface area contributed by atoms with Crippen molar-refractivity contribution in [2.75, 3.05) is 17.3 Å². The zero-order valence-corrected chi connectivity index (χ0v) is 18.2. The molecule has 3 aromatic rings. The highest BCUT2D eigenvalue weighted by Gasteiger charge is 2.22. The van der Waals surface area contributed by atoms with Crippen molar-refractivity contribution < 1.29 is 9.59 Å². The minimum atomic E-state index is -0.742. The van der Waals surface area contributed by atoms with Gasteiger partial charge in [-0.15, -0.1) is 5.10 Å². The predicted molar refractivity (Wildman–Crippen MR) is 118 cm³/mol. The highest BCUT2D eigenvalue weighted by molar-refractivity contribution is 7.98. The molecule has 156 valence electrons. The van der Waals surface area contributed by atoms with Crippen molar-refractivity contribution in [3.8, 4) is 5.69 Å². The monoisotopic (exact) mass is 464 g/mol. The van der Waals surface area contributed by atoms with E-state index in [1.807, 2.05) is 12.3 Å². The molecule has 0 saturated carbocycles. The van der Waals surface area contributed by atoms with Crippen LogP contribution in [0.3, 0.4) is 0 Å². The third-order valence-corrected chi connectivity index (χ3v) is 5.33. The maximum atomic E-state index is 12.9. The molecule has 0 bridgehead atoms. The van der Waals surface area contributed by atoms with Crippen LogP contribution in [0.15, 0.2) is 48.8 Å². The Kier molecular flexibility index (Phi) is 7.67. The molecule has 0 aliphatic carbocycles. The lowest BCUT2D eigenvalue weighted by Gasteiger charge is -2.19. The Bertz CT molecular complexity index is 1030. The topological polar surface area (TPSA) is 102 Å². The molecule has 30 heavy (non-hydrogen) atoms. The second-order valence-corrected chi connectivity index (χ2v) is 8.05. The van der Waals surface area contributed by atoms with Gasteiger partial charge in [0.15, 0.2) is 0 Å². The molecule has 1 atom stereocenters.